The molecular formula is C15H23NO. The van der Waals surface area contributed by atoms with Crippen LogP contribution in [0.15, 0.2) is 18.2 Å². The Morgan fingerprint density at radius 1 is 1.18 bits per heavy atom. The summed E-state index contributed by atoms with van der Waals surface area (Å²) in [4.78, 5) is 0. The first-order valence-electron chi connectivity index (χ1n) is 6.76. The molecule has 0 fully saturated rings. The van der Waals surface area contributed by atoms with Gasteiger partial charge in [-0.25, -0.2) is 0 Å². The fourth-order valence-electron chi connectivity index (χ4n) is 2.38. The van der Waals surface area contributed by atoms with Crippen molar-refractivity contribution in [3.05, 3.63) is 34.9 Å². The molecule has 0 aliphatic carbocycles. The van der Waals surface area contributed by atoms with Gasteiger partial charge >= 0.3 is 0 Å². The van der Waals surface area contributed by atoms with Crippen LogP contribution in [-0.2, 0) is 18.0 Å². The van der Waals surface area contributed by atoms with Crippen molar-refractivity contribution >= 4 is 0 Å². The molecule has 1 aromatic rings. The molecule has 0 saturated carbocycles. The molecule has 1 aromatic carbocycles. The molecule has 0 spiro atoms. The van der Waals surface area contributed by atoms with Gasteiger partial charge in [0.15, 0.2) is 0 Å². The molecule has 1 heterocycles. The number of ether oxygens (including phenoxy) is 1. The van der Waals surface area contributed by atoms with E-state index in [1.807, 2.05) is 0 Å². The van der Waals surface area contributed by atoms with E-state index in [0.29, 0.717) is 0 Å². The van der Waals surface area contributed by atoms with Crippen LogP contribution in [0.3, 0.4) is 0 Å². The maximum atomic E-state index is 6.23. The standard InChI is InChI=1S/C15H23NO/c1-2-3-4-5-6-15(16)12-7-8-13-10-17-11-14(13)9-12/h7-9,15H,2-6,10-11,16H2,1H3. The van der Waals surface area contributed by atoms with Crippen LogP contribution in [0.1, 0.15) is 61.8 Å². The van der Waals surface area contributed by atoms with Crippen LogP contribution < -0.4 is 5.73 Å². The lowest BCUT2D eigenvalue weighted by atomic mass is 9.97. The molecule has 2 rings (SSSR count). The van der Waals surface area contributed by atoms with Gasteiger partial charge in [0.1, 0.15) is 0 Å². The summed E-state index contributed by atoms with van der Waals surface area (Å²) in [6.07, 6.45) is 6.25. The Morgan fingerprint density at radius 3 is 2.82 bits per heavy atom. The third kappa shape index (κ3) is 3.30. The van der Waals surface area contributed by atoms with Crippen molar-refractivity contribution in [3.8, 4) is 0 Å². The van der Waals surface area contributed by atoms with E-state index in [1.54, 1.807) is 0 Å². The molecule has 2 N–H and O–H groups in total. The molecule has 1 aliphatic heterocycles. The maximum Gasteiger partial charge on any atom is 0.0725 e. The molecule has 1 atom stereocenters. The Morgan fingerprint density at radius 2 is 2.00 bits per heavy atom. The van der Waals surface area contributed by atoms with Crippen molar-refractivity contribution in [1.29, 1.82) is 0 Å². The quantitative estimate of drug-likeness (QED) is 0.761. The smallest absolute Gasteiger partial charge is 0.0725 e. The molecule has 0 bridgehead atoms. The fourth-order valence-corrected chi connectivity index (χ4v) is 2.38. The third-order valence-corrected chi connectivity index (χ3v) is 3.54. The van der Waals surface area contributed by atoms with Crippen LogP contribution in [0, 0.1) is 0 Å². The summed E-state index contributed by atoms with van der Waals surface area (Å²) in [5.74, 6) is 0. The predicted molar refractivity (Wildman–Crippen MR) is 70.6 cm³/mol. The highest BCUT2D eigenvalue weighted by atomic mass is 16.5. The lowest BCUT2D eigenvalue weighted by molar-refractivity contribution is 0.134. The topological polar surface area (TPSA) is 35.2 Å². The minimum absolute atomic E-state index is 0.192. The van der Waals surface area contributed by atoms with E-state index in [2.05, 4.69) is 25.1 Å². The van der Waals surface area contributed by atoms with Gasteiger partial charge in [-0.2, -0.15) is 0 Å². The van der Waals surface area contributed by atoms with Crippen LogP contribution in [0.5, 0.6) is 0 Å². The SMILES string of the molecule is CCCCCCC(N)c1ccc2c(c1)COC2. The minimum Gasteiger partial charge on any atom is -0.372 e. The number of hydrogen-bond donors (Lipinski definition) is 1. The van der Waals surface area contributed by atoms with Crippen LogP contribution in [0.25, 0.3) is 0 Å². The van der Waals surface area contributed by atoms with Crippen molar-refractivity contribution in [1.82, 2.24) is 0 Å². The van der Waals surface area contributed by atoms with Gasteiger partial charge < -0.3 is 10.5 Å². The van der Waals surface area contributed by atoms with Crippen molar-refractivity contribution in [3.63, 3.8) is 0 Å². The van der Waals surface area contributed by atoms with Gasteiger partial charge in [0.05, 0.1) is 13.2 Å². The molecule has 1 aliphatic rings. The second-order valence-corrected chi connectivity index (χ2v) is 4.98. The molecule has 2 nitrogen and oxygen atoms in total. The normalized spacial score (nSPS) is 15.9. The molecule has 0 aromatic heterocycles. The Bertz CT molecular complexity index is 362. The molecule has 17 heavy (non-hydrogen) atoms. The van der Waals surface area contributed by atoms with Crippen LogP contribution in [0.2, 0.25) is 0 Å². The van der Waals surface area contributed by atoms with E-state index in [4.69, 9.17) is 10.5 Å². The van der Waals surface area contributed by atoms with E-state index in [9.17, 15) is 0 Å². The zero-order valence-electron chi connectivity index (χ0n) is 10.7. The highest BCUT2D eigenvalue weighted by Gasteiger charge is 2.13. The third-order valence-electron chi connectivity index (χ3n) is 3.54. The van der Waals surface area contributed by atoms with Crippen LogP contribution in [-0.4, -0.2) is 0 Å². The summed E-state index contributed by atoms with van der Waals surface area (Å²) in [5.41, 5.74) is 10.2. The molecule has 0 saturated heterocycles. The molecular weight excluding hydrogens is 210 g/mol. The first-order valence-corrected chi connectivity index (χ1v) is 6.76. The molecule has 94 valence electrons. The molecule has 2 heteroatoms. The van der Waals surface area contributed by atoms with Crippen molar-refractivity contribution < 1.29 is 4.74 Å². The predicted octanol–water partition coefficient (Wildman–Crippen LogP) is 3.69. The lowest BCUT2D eigenvalue weighted by Gasteiger charge is -2.13. The van der Waals surface area contributed by atoms with Gasteiger partial charge in [-0.3, -0.25) is 0 Å². The number of benzene rings is 1. The van der Waals surface area contributed by atoms with Crippen molar-refractivity contribution in [2.24, 2.45) is 5.73 Å². The van der Waals surface area contributed by atoms with Gasteiger partial charge in [0.2, 0.25) is 0 Å². The van der Waals surface area contributed by atoms with Crippen LogP contribution >= 0.6 is 0 Å². The van der Waals surface area contributed by atoms with Gasteiger partial charge in [0.25, 0.3) is 0 Å². The molecule has 0 amide bonds. The highest BCUT2D eigenvalue weighted by molar-refractivity contribution is 5.34. The van der Waals surface area contributed by atoms with E-state index in [0.717, 1.165) is 19.6 Å². The van der Waals surface area contributed by atoms with Crippen LogP contribution in [0.4, 0.5) is 0 Å². The van der Waals surface area contributed by atoms with E-state index >= 15 is 0 Å². The number of fused-ring (bicyclic) bond motifs is 1. The average Bonchev–Trinajstić information content (AvgIpc) is 2.81. The zero-order chi connectivity index (χ0) is 12.1. The summed E-state index contributed by atoms with van der Waals surface area (Å²) in [7, 11) is 0. The van der Waals surface area contributed by atoms with Crippen molar-refractivity contribution in [2.75, 3.05) is 0 Å². The number of rotatable bonds is 6. The van der Waals surface area contributed by atoms with Gasteiger partial charge in [0, 0.05) is 6.04 Å². The minimum atomic E-state index is 0.192. The maximum absolute atomic E-state index is 6.23. The van der Waals surface area contributed by atoms with Crippen molar-refractivity contribution in [2.45, 2.75) is 58.3 Å². The Balaban J connectivity index is 1.88. The summed E-state index contributed by atoms with van der Waals surface area (Å²) in [6.45, 7) is 3.76. The summed E-state index contributed by atoms with van der Waals surface area (Å²) in [5, 5.41) is 0. The van der Waals surface area contributed by atoms with E-state index in [1.165, 1.54) is 42.4 Å². The fraction of sp³-hybridized carbons (Fsp3) is 0.600. The number of hydrogen-bond acceptors (Lipinski definition) is 2. The highest BCUT2D eigenvalue weighted by Crippen LogP contribution is 2.25. The van der Waals surface area contributed by atoms with E-state index < -0.39 is 0 Å². The summed E-state index contributed by atoms with van der Waals surface area (Å²) >= 11 is 0. The lowest BCUT2D eigenvalue weighted by Crippen LogP contribution is -2.10. The van der Waals surface area contributed by atoms with E-state index in [-0.39, 0.29) is 6.04 Å². The zero-order valence-corrected chi connectivity index (χ0v) is 10.7. The summed E-state index contributed by atoms with van der Waals surface area (Å²) in [6, 6.07) is 6.76. The largest absolute Gasteiger partial charge is 0.372 e. The number of nitrogens with two attached hydrogens (primary N) is 1. The second-order valence-electron chi connectivity index (χ2n) is 4.98. The Kier molecular flexibility index (Phi) is 4.57. The second kappa shape index (κ2) is 6.18. The average molecular weight is 233 g/mol. The van der Waals surface area contributed by atoms with Gasteiger partial charge in [-0.1, -0.05) is 50.8 Å². The first-order chi connectivity index (χ1) is 8.31. The summed E-state index contributed by atoms with van der Waals surface area (Å²) < 4.78 is 5.42. The Labute approximate surface area is 104 Å². The monoisotopic (exact) mass is 233 g/mol. The van der Waals surface area contributed by atoms with Gasteiger partial charge in [-0.15, -0.1) is 0 Å². The van der Waals surface area contributed by atoms with Gasteiger partial charge in [-0.05, 0) is 23.1 Å². The number of unbranched alkanes of at least 4 members (excludes halogenated alkanes) is 3. The Hall–Kier alpha value is -0.860. The first kappa shape index (κ1) is 12.6. The molecule has 1 unspecified atom stereocenters. The molecule has 0 radical (unpaired) electrons.